The fourth-order valence-electron chi connectivity index (χ4n) is 3.15. The molecule has 0 amide bonds. The highest BCUT2D eigenvalue weighted by Crippen LogP contribution is 2.28. The maximum atomic E-state index is 11.7. The lowest BCUT2D eigenvalue weighted by Crippen LogP contribution is -2.22. The van der Waals surface area contributed by atoms with E-state index in [0.717, 1.165) is 22.1 Å². The summed E-state index contributed by atoms with van der Waals surface area (Å²) in [6.45, 7) is 7.25. The van der Waals surface area contributed by atoms with Crippen LogP contribution in [0.4, 0.5) is 0 Å². The Labute approximate surface area is 189 Å². The summed E-state index contributed by atoms with van der Waals surface area (Å²) in [6.07, 6.45) is 0.543. The van der Waals surface area contributed by atoms with Gasteiger partial charge in [-0.1, -0.05) is 87.1 Å². The maximum Gasteiger partial charge on any atom is 0.211 e. The second kappa shape index (κ2) is 9.97. The van der Waals surface area contributed by atoms with E-state index in [4.69, 9.17) is 0 Å². The Morgan fingerprint density at radius 2 is 1.68 bits per heavy atom. The molecule has 0 aliphatic heterocycles. The monoisotopic (exact) mass is 458 g/mol. The summed E-state index contributed by atoms with van der Waals surface area (Å²) in [4.78, 5) is 0. The van der Waals surface area contributed by atoms with Gasteiger partial charge in [0.05, 0.1) is 12.3 Å². The number of sulfonamides is 1. The molecule has 0 radical (unpaired) electrons. The largest absolute Gasteiger partial charge is 0.298 e. The highest BCUT2D eigenvalue weighted by atomic mass is 32.2. The van der Waals surface area contributed by atoms with Gasteiger partial charge in [0.1, 0.15) is 0 Å². The number of nitrogens with one attached hydrogen (secondary N) is 1. The lowest BCUT2D eigenvalue weighted by atomic mass is 9.87. The van der Waals surface area contributed by atoms with Crippen molar-refractivity contribution < 1.29 is 8.42 Å². The first-order chi connectivity index (χ1) is 14.7. The average Bonchev–Trinajstić information content (AvgIpc) is 3.14. The zero-order chi connectivity index (χ0) is 22.5. The molecule has 31 heavy (non-hydrogen) atoms. The molecule has 0 aliphatic carbocycles. The summed E-state index contributed by atoms with van der Waals surface area (Å²) in [5.74, 6) is 1.57. The third-order valence-corrected chi connectivity index (χ3v) is 7.51. The van der Waals surface area contributed by atoms with Crippen LogP contribution in [0.25, 0.3) is 11.4 Å². The maximum absolute atomic E-state index is 11.7. The highest BCUT2D eigenvalue weighted by molar-refractivity contribution is 7.99. The van der Waals surface area contributed by atoms with Gasteiger partial charge in [-0.3, -0.25) is 4.57 Å². The van der Waals surface area contributed by atoms with Gasteiger partial charge >= 0.3 is 0 Å². The van der Waals surface area contributed by atoms with Crippen LogP contribution < -0.4 is 4.72 Å². The predicted octanol–water partition coefficient (Wildman–Crippen LogP) is 4.32. The topological polar surface area (TPSA) is 76.9 Å². The molecule has 1 N–H and O–H groups in total. The summed E-state index contributed by atoms with van der Waals surface area (Å²) in [7, 11) is -1.75. The fourth-order valence-corrected chi connectivity index (χ4v) is 4.94. The molecule has 2 aromatic carbocycles. The minimum Gasteiger partial charge on any atom is -0.298 e. The van der Waals surface area contributed by atoms with Crippen molar-refractivity contribution in [2.75, 3.05) is 18.6 Å². The van der Waals surface area contributed by atoms with Gasteiger partial charge in [0.15, 0.2) is 11.0 Å². The highest BCUT2D eigenvalue weighted by Gasteiger charge is 2.17. The summed E-state index contributed by atoms with van der Waals surface area (Å²) >= 11 is 1.54. The lowest BCUT2D eigenvalue weighted by molar-refractivity contribution is 0.587. The van der Waals surface area contributed by atoms with Gasteiger partial charge in [0, 0.05) is 11.3 Å². The van der Waals surface area contributed by atoms with Gasteiger partial charge in [-0.15, -0.1) is 10.2 Å². The molecule has 3 rings (SSSR count). The van der Waals surface area contributed by atoms with Crippen LogP contribution in [0.5, 0.6) is 0 Å². The molecule has 0 aliphatic rings. The van der Waals surface area contributed by atoms with Gasteiger partial charge < -0.3 is 0 Å². The molecule has 1 heterocycles. The zero-order valence-electron chi connectivity index (χ0n) is 18.5. The van der Waals surface area contributed by atoms with Gasteiger partial charge in [-0.25, -0.2) is 13.1 Å². The molecule has 0 atom stereocenters. The van der Waals surface area contributed by atoms with Gasteiger partial charge in [0.2, 0.25) is 10.0 Å². The number of thioether (sulfide) groups is 1. The molecule has 166 valence electrons. The predicted molar refractivity (Wildman–Crippen MR) is 128 cm³/mol. The normalized spacial score (nSPS) is 12.3. The van der Waals surface area contributed by atoms with Crippen LogP contribution in [0, 0.1) is 0 Å². The summed E-state index contributed by atoms with van der Waals surface area (Å²) in [5.41, 5.74) is 3.53. The van der Waals surface area contributed by atoms with Crippen molar-refractivity contribution in [3.8, 4) is 11.4 Å². The molecule has 1 aromatic heterocycles. The quantitative estimate of drug-likeness (QED) is 0.382. The van der Waals surface area contributed by atoms with Crippen molar-refractivity contribution >= 4 is 21.8 Å². The number of aromatic nitrogens is 3. The van der Waals surface area contributed by atoms with Crippen LogP contribution >= 0.6 is 11.8 Å². The van der Waals surface area contributed by atoms with Crippen LogP contribution in [0.3, 0.4) is 0 Å². The Hall–Kier alpha value is -2.16. The molecule has 0 fully saturated rings. The Bertz CT molecular complexity index is 1090. The second-order valence-corrected chi connectivity index (χ2v) is 11.5. The van der Waals surface area contributed by atoms with Crippen molar-refractivity contribution in [3.05, 3.63) is 65.7 Å². The Morgan fingerprint density at radius 1 is 1.00 bits per heavy atom. The van der Waals surface area contributed by atoms with Gasteiger partial charge in [-0.05, 0) is 30.0 Å². The smallest absolute Gasteiger partial charge is 0.211 e. The zero-order valence-corrected chi connectivity index (χ0v) is 20.1. The number of rotatable bonds is 9. The van der Waals surface area contributed by atoms with E-state index in [0.29, 0.717) is 18.7 Å². The molecule has 8 heteroatoms. The van der Waals surface area contributed by atoms with Gasteiger partial charge in [-0.2, -0.15) is 0 Å². The minimum atomic E-state index is -3.19. The molecule has 0 unspecified atom stereocenters. The Kier molecular flexibility index (Phi) is 7.56. The standard InChI is InChI=1S/C23H30N4O2S2/c1-23(2,3)20-13-11-19(12-14-20)21-25-26-22(30-15-8-16-31(28,29)24-4)27(21)17-18-9-6-5-7-10-18/h5-7,9-14,24H,8,15-17H2,1-4H3. The Balaban J connectivity index is 1.85. The molecular formula is C23H30N4O2S2. The van der Waals surface area contributed by atoms with Crippen molar-refractivity contribution in [2.45, 2.75) is 44.3 Å². The molecule has 6 nitrogen and oxygen atoms in total. The van der Waals surface area contributed by atoms with E-state index in [1.165, 1.54) is 24.4 Å². The summed E-state index contributed by atoms with van der Waals surface area (Å²) < 4.78 is 27.8. The number of hydrogen-bond donors (Lipinski definition) is 1. The average molecular weight is 459 g/mol. The van der Waals surface area contributed by atoms with Crippen molar-refractivity contribution in [2.24, 2.45) is 0 Å². The fraction of sp³-hybridized carbons (Fsp3) is 0.391. The summed E-state index contributed by atoms with van der Waals surface area (Å²) in [6, 6.07) is 18.7. The van der Waals surface area contributed by atoms with Crippen LogP contribution in [0.2, 0.25) is 0 Å². The van der Waals surface area contributed by atoms with E-state index in [2.05, 4.69) is 76.7 Å². The van der Waals surface area contributed by atoms with E-state index in [1.54, 1.807) is 0 Å². The van der Waals surface area contributed by atoms with Crippen LogP contribution in [0.15, 0.2) is 59.8 Å². The molecule has 0 saturated carbocycles. The van der Waals surface area contributed by atoms with Crippen molar-refractivity contribution in [1.82, 2.24) is 19.5 Å². The van der Waals surface area contributed by atoms with E-state index in [1.807, 2.05) is 18.2 Å². The van der Waals surface area contributed by atoms with E-state index < -0.39 is 10.0 Å². The second-order valence-electron chi connectivity index (χ2n) is 8.43. The number of benzene rings is 2. The van der Waals surface area contributed by atoms with E-state index in [-0.39, 0.29) is 11.2 Å². The van der Waals surface area contributed by atoms with Crippen LogP contribution in [-0.2, 0) is 22.0 Å². The molecule has 3 aromatic rings. The summed E-state index contributed by atoms with van der Waals surface area (Å²) in [5, 5.41) is 9.70. The SMILES string of the molecule is CNS(=O)(=O)CCCSc1nnc(-c2ccc(C(C)(C)C)cc2)n1Cc1ccccc1. The first-order valence-electron chi connectivity index (χ1n) is 10.3. The minimum absolute atomic E-state index is 0.0882. The molecule has 0 saturated heterocycles. The van der Waals surface area contributed by atoms with Crippen molar-refractivity contribution in [1.29, 1.82) is 0 Å². The first-order valence-corrected chi connectivity index (χ1v) is 13.0. The van der Waals surface area contributed by atoms with Crippen molar-refractivity contribution in [3.63, 3.8) is 0 Å². The number of nitrogens with zero attached hydrogens (tertiary/aromatic N) is 3. The third kappa shape index (κ3) is 6.41. The van der Waals surface area contributed by atoms with Crippen LogP contribution in [0.1, 0.15) is 38.3 Å². The van der Waals surface area contributed by atoms with Gasteiger partial charge in [0.25, 0.3) is 0 Å². The van der Waals surface area contributed by atoms with Crippen LogP contribution in [-0.4, -0.2) is 41.7 Å². The molecular weight excluding hydrogens is 428 g/mol. The lowest BCUT2D eigenvalue weighted by Gasteiger charge is -2.19. The first kappa shape index (κ1) is 23.5. The Morgan fingerprint density at radius 3 is 2.29 bits per heavy atom. The third-order valence-electron chi connectivity index (χ3n) is 5.01. The molecule has 0 spiro atoms. The van der Waals surface area contributed by atoms with E-state index >= 15 is 0 Å². The van der Waals surface area contributed by atoms with E-state index in [9.17, 15) is 8.42 Å². The number of hydrogen-bond acceptors (Lipinski definition) is 5. The molecule has 0 bridgehead atoms.